The molecule has 5 heavy (non-hydrogen) atoms. The second-order valence-electron chi connectivity index (χ2n) is 0.724. The molecule has 0 unspecified atom stereocenters. The van der Waals surface area contributed by atoms with Gasteiger partial charge in [-0.25, -0.2) is 0 Å². The summed E-state index contributed by atoms with van der Waals surface area (Å²) in [5.74, 6) is 0. The van der Waals surface area contributed by atoms with Crippen molar-refractivity contribution in [2.24, 2.45) is 0 Å². The first-order valence-electron chi connectivity index (χ1n) is 1.52. The topological polar surface area (TPSA) is 20.2 Å². The predicted molar refractivity (Wildman–Crippen MR) is 17.4 cm³/mol. The zero-order chi connectivity index (χ0) is 3.41. The van der Waals surface area contributed by atoms with Gasteiger partial charge in [-0.1, -0.05) is 6.92 Å². The average Bonchev–Trinajstić information content (AvgIpc) is 1.37. The zero-order valence-corrected chi connectivity index (χ0v) is 4.65. The van der Waals surface area contributed by atoms with E-state index >= 15 is 0 Å². The molecule has 37 valence electrons. The Balaban J connectivity index is 0. The van der Waals surface area contributed by atoms with Crippen molar-refractivity contribution >= 4 is 0 Å². The Morgan fingerprint density at radius 3 is 1.80 bits per heavy atom. The summed E-state index contributed by atoms with van der Waals surface area (Å²) in [6.07, 6.45) is 0.875. The van der Waals surface area contributed by atoms with Crippen LogP contribution in [0.25, 0.3) is 0 Å². The summed E-state index contributed by atoms with van der Waals surface area (Å²) in [4.78, 5) is 0. The van der Waals surface area contributed by atoms with Gasteiger partial charge in [-0.2, -0.15) is 0 Å². The standard InChI is InChI=1S/C3H8O.Ag/c1-2-3-4;/h4H,2-3H2,1H3;. The average molecular weight is 168 g/mol. The van der Waals surface area contributed by atoms with Crippen LogP contribution in [0.2, 0.25) is 0 Å². The third-order valence-electron chi connectivity index (χ3n) is 0.224. The van der Waals surface area contributed by atoms with Gasteiger partial charge in [-0.15, -0.1) is 0 Å². The van der Waals surface area contributed by atoms with Gasteiger partial charge in [0, 0.05) is 29.0 Å². The minimum Gasteiger partial charge on any atom is -0.396 e. The van der Waals surface area contributed by atoms with E-state index in [1.165, 1.54) is 0 Å². The molecule has 0 aliphatic rings. The normalized spacial score (nSPS) is 6.00. The summed E-state index contributed by atoms with van der Waals surface area (Å²) < 4.78 is 0. The van der Waals surface area contributed by atoms with E-state index in [1.54, 1.807) is 0 Å². The van der Waals surface area contributed by atoms with Gasteiger partial charge in [0.05, 0.1) is 0 Å². The van der Waals surface area contributed by atoms with E-state index in [0.717, 1.165) is 6.42 Å². The molecule has 0 aliphatic heterocycles. The largest absolute Gasteiger partial charge is 0.396 e. The van der Waals surface area contributed by atoms with Crippen LogP contribution in [0.1, 0.15) is 13.3 Å². The maximum atomic E-state index is 7.88. The number of aliphatic hydroxyl groups excluding tert-OH is 1. The molecular weight excluding hydrogens is 160 g/mol. The molecule has 0 amide bonds. The summed E-state index contributed by atoms with van der Waals surface area (Å²) >= 11 is 0. The minimum atomic E-state index is 0. The number of aliphatic hydroxyl groups is 1. The summed E-state index contributed by atoms with van der Waals surface area (Å²) in [5.41, 5.74) is 0. The smallest absolute Gasteiger partial charge is 0.0428 e. The molecule has 0 rings (SSSR count). The van der Waals surface area contributed by atoms with Crippen molar-refractivity contribution in [3.05, 3.63) is 0 Å². The fraction of sp³-hybridized carbons (Fsp3) is 1.00. The van der Waals surface area contributed by atoms with Gasteiger partial charge in [0.1, 0.15) is 0 Å². The third kappa shape index (κ3) is 11.9. The van der Waals surface area contributed by atoms with Crippen LogP contribution < -0.4 is 0 Å². The van der Waals surface area contributed by atoms with Crippen LogP contribution in [-0.4, -0.2) is 11.7 Å². The molecule has 0 atom stereocenters. The van der Waals surface area contributed by atoms with E-state index in [-0.39, 0.29) is 22.4 Å². The molecule has 1 radical (unpaired) electrons. The Hall–Kier alpha value is 0.700. The molecule has 0 aliphatic carbocycles. The van der Waals surface area contributed by atoms with Gasteiger partial charge in [-0.05, 0) is 6.42 Å². The molecule has 0 aromatic rings. The minimum absolute atomic E-state index is 0. The van der Waals surface area contributed by atoms with Crippen molar-refractivity contribution in [3.63, 3.8) is 0 Å². The van der Waals surface area contributed by atoms with Crippen LogP contribution >= 0.6 is 0 Å². The third-order valence-corrected chi connectivity index (χ3v) is 0.224. The van der Waals surface area contributed by atoms with Crippen LogP contribution in [0.4, 0.5) is 0 Å². The van der Waals surface area contributed by atoms with Gasteiger partial charge in [0.15, 0.2) is 0 Å². The van der Waals surface area contributed by atoms with Crippen molar-refractivity contribution in [2.75, 3.05) is 6.61 Å². The van der Waals surface area contributed by atoms with Crippen LogP contribution in [0.5, 0.6) is 0 Å². The van der Waals surface area contributed by atoms with Crippen molar-refractivity contribution in [3.8, 4) is 0 Å². The van der Waals surface area contributed by atoms with Crippen molar-refractivity contribution < 1.29 is 27.5 Å². The molecular formula is C3H8AgO. The summed E-state index contributed by atoms with van der Waals surface area (Å²) in [6, 6.07) is 0. The fourth-order valence-electron chi connectivity index (χ4n) is 0. The monoisotopic (exact) mass is 167 g/mol. The maximum absolute atomic E-state index is 7.88. The predicted octanol–water partition coefficient (Wildman–Crippen LogP) is 0.386. The van der Waals surface area contributed by atoms with Gasteiger partial charge in [0.25, 0.3) is 0 Å². The quantitative estimate of drug-likeness (QED) is 0.561. The van der Waals surface area contributed by atoms with Gasteiger partial charge >= 0.3 is 0 Å². The van der Waals surface area contributed by atoms with E-state index in [2.05, 4.69) is 0 Å². The molecule has 0 aromatic carbocycles. The van der Waals surface area contributed by atoms with Gasteiger partial charge < -0.3 is 5.11 Å². The van der Waals surface area contributed by atoms with Crippen LogP contribution in [0.15, 0.2) is 0 Å². The van der Waals surface area contributed by atoms with E-state index in [4.69, 9.17) is 5.11 Å². The molecule has 0 fully saturated rings. The molecule has 1 N–H and O–H groups in total. The summed E-state index contributed by atoms with van der Waals surface area (Å²) in [5, 5.41) is 7.88. The molecule has 1 nitrogen and oxygen atoms in total. The van der Waals surface area contributed by atoms with E-state index in [1.807, 2.05) is 6.92 Å². The summed E-state index contributed by atoms with van der Waals surface area (Å²) in [7, 11) is 0. The molecule has 0 saturated carbocycles. The van der Waals surface area contributed by atoms with Crippen molar-refractivity contribution in [1.29, 1.82) is 0 Å². The van der Waals surface area contributed by atoms with Crippen molar-refractivity contribution in [2.45, 2.75) is 13.3 Å². The number of hydrogen-bond acceptors (Lipinski definition) is 1. The first kappa shape index (κ1) is 9.20. The molecule has 0 bridgehead atoms. The Kier molecular flexibility index (Phi) is 16.2. The van der Waals surface area contributed by atoms with Crippen molar-refractivity contribution in [1.82, 2.24) is 0 Å². The first-order chi connectivity index (χ1) is 1.91. The first-order valence-corrected chi connectivity index (χ1v) is 1.52. The zero-order valence-electron chi connectivity index (χ0n) is 3.16. The van der Waals surface area contributed by atoms with E-state index in [9.17, 15) is 0 Å². The fourth-order valence-corrected chi connectivity index (χ4v) is 0. The molecule has 0 aromatic heterocycles. The van der Waals surface area contributed by atoms with Crippen LogP contribution in [-0.2, 0) is 22.4 Å². The van der Waals surface area contributed by atoms with Gasteiger partial charge in [0.2, 0.25) is 0 Å². The van der Waals surface area contributed by atoms with Crippen LogP contribution in [0.3, 0.4) is 0 Å². The van der Waals surface area contributed by atoms with E-state index < -0.39 is 0 Å². The Labute approximate surface area is 47.9 Å². The molecule has 0 saturated heterocycles. The maximum Gasteiger partial charge on any atom is 0.0428 e. The van der Waals surface area contributed by atoms with Crippen LogP contribution in [0, 0.1) is 0 Å². The van der Waals surface area contributed by atoms with Gasteiger partial charge in [-0.3, -0.25) is 0 Å². The number of rotatable bonds is 1. The Morgan fingerprint density at radius 1 is 1.60 bits per heavy atom. The Bertz CT molecular complexity index is 8.85. The Morgan fingerprint density at radius 2 is 1.80 bits per heavy atom. The second kappa shape index (κ2) is 8.83. The molecule has 0 spiro atoms. The second-order valence-corrected chi connectivity index (χ2v) is 0.724. The SMILES string of the molecule is CCCO.[Ag]. The summed E-state index contributed by atoms with van der Waals surface area (Å²) in [6.45, 7) is 2.25. The molecule has 0 heterocycles. The molecule has 2 heteroatoms. The van der Waals surface area contributed by atoms with E-state index in [0.29, 0.717) is 6.61 Å². The number of hydrogen-bond donors (Lipinski definition) is 1.